The van der Waals surface area contributed by atoms with Gasteiger partial charge in [0.25, 0.3) is 0 Å². The van der Waals surface area contributed by atoms with Crippen molar-refractivity contribution >= 4 is 0 Å². The molecule has 0 radical (unpaired) electrons. The monoisotopic (exact) mass is 181 g/mol. The fourth-order valence-electron chi connectivity index (χ4n) is 0.645. The van der Waals surface area contributed by atoms with Crippen LogP contribution in [0, 0.1) is 0 Å². The smallest absolute Gasteiger partial charge is 0.0997 e. The van der Waals surface area contributed by atoms with Gasteiger partial charge in [0, 0.05) is 5.56 Å². The average Bonchev–Trinajstić information content (AvgIpc) is 2.03. The van der Waals surface area contributed by atoms with E-state index in [9.17, 15) is 5.11 Å². The fourth-order valence-corrected chi connectivity index (χ4v) is 0.645. The number of rotatable bonds is 1. The van der Waals surface area contributed by atoms with Crippen LogP contribution in [0.4, 0.5) is 0 Å². The van der Waals surface area contributed by atoms with Crippen LogP contribution in [0.15, 0.2) is 30.3 Å². The number of hydrogen-bond donors (Lipinski definition) is 1. The third kappa shape index (κ3) is 11.1. The molecular weight excluding hydrogens is 162 g/mol. The van der Waals surface area contributed by atoms with Crippen molar-refractivity contribution in [3.63, 3.8) is 0 Å². The van der Waals surface area contributed by atoms with Crippen LogP contribution in [-0.2, 0) is 6.54 Å². The highest BCUT2D eigenvalue weighted by Gasteiger charge is 1.83. The molecule has 3 N–H and O–H groups in total. The van der Waals surface area contributed by atoms with Crippen LogP contribution in [0.2, 0.25) is 0 Å². The molecule has 0 saturated heterocycles. The zero-order valence-corrected chi connectivity index (χ0v) is 8.71. The molecular formula is C11H19NO. The molecule has 0 heterocycles. The van der Waals surface area contributed by atoms with Crippen molar-refractivity contribution in [3.8, 4) is 0 Å². The van der Waals surface area contributed by atoms with Crippen molar-refractivity contribution < 1.29 is 10.8 Å². The number of quaternary nitrogens is 1. The molecule has 0 aliphatic rings. The lowest BCUT2D eigenvalue weighted by Gasteiger charge is -2.23. The first-order chi connectivity index (χ1) is 5.93. The highest BCUT2D eigenvalue weighted by Crippen LogP contribution is 1.93. The van der Waals surface area contributed by atoms with Crippen molar-refractivity contribution in [1.29, 1.82) is 0 Å². The SMILES string of the molecule is CC(C)(C)[O-].[NH3+]Cc1ccccc1. The fraction of sp³-hybridized carbons (Fsp3) is 0.455. The van der Waals surface area contributed by atoms with E-state index in [4.69, 9.17) is 0 Å². The van der Waals surface area contributed by atoms with Crippen LogP contribution in [0.1, 0.15) is 26.3 Å². The van der Waals surface area contributed by atoms with E-state index >= 15 is 0 Å². The van der Waals surface area contributed by atoms with Crippen molar-refractivity contribution in [2.24, 2.45) is 0 Å². The second-order valence-corrected chi connectivity index (χ2v) is 3.85. The van der Waals surface area contributed by atoms with Crippen LogP contribution >= 0.6 is 0 Å². The van der Waals surface area contributed by atoms with E-state index in [2.05, 4.69) is 17.9 Å². The Morgan fingerprint density at radius 3 is 1.77 bits per heavy atom. The quantitative estimate of drug-likeness (QED) is 0.676. The molecule has 74 valence electrons. The summed E-state index contributed by atoms with van der Waals surface area (Å²) >= 11 is 0. The largest absolute Gasteiger partial charge is 0.850 e. The van der Waals surface area contributed by atoms with Gasteiger partial charge < -0.3 is 10.8 Å². The van der Waals surface area contributed by atoms with Crippen LogP contribution < -0.4 is 10.8 Å². The van der Waals surface area contributed by atoms with E-state index in [1.54, 1.807) is 20.8 Å². The Balaban J connectivity index is 0.000000252. The molecule has 1 rings (SSSR count). The molecule has 0 spiro atoms. The highest BCUT2D eigenvalue weighted by molar-refractivity contribution is 5.12. The first kappa shape index (κ1) is 12.1. The molecule has 2 heteroatoms. The topological polar surface area (TPSA) is 50.7 Å². The van der Waals surface area contributed by atoms with Gasteiger partial charge in [-0.25, -0.2) is 0 Å². The molecule has 13 heavy (non-hydrogen) atoms. The number of hydrogen-bond acceptors (Lipinski definition) is 1. The third-order valence-electron chi connectivity index (χ3n) is 1.13. The Morgan fingerprint density at radius 1 is 1.15 bits per heavy atom. The number of benzene rings is 1. The first-order valence-electron chi connectivity index (χ1n) is 4.47. The highest BCUT2D eigenvalue weighted by atomic mass is 16.3. The Kier molecular flexibility index (Phi) is 5.35. The van der Waals surface area contributed by atoms with Gasteiger partial charge in [-0.05, 0) is 0 Å². The summed E-state index contributed by atoms with van der Waals surface area (Å²) in [6.45, 7) is 5.79. The first-order valence-corrected chi connectivity index (χ1v) is 4.47. The van der Waals surface area contributed by atoms with Crippen molar-refractivity contribution in [1.82, 2.24) is 0 Å². The van der Waals surface area contributed by atoms with E-state index in [1.807, 2.05) is 18.2 Å². The minimum atomic E-state index is -0.750. The van der Waals surface area contributed by atoms with Crippen molar-refractivity contribution in [2.45, 2.75) is 32.9 Å². The Bertz CT molecular complexity index is 207. The summed E-state index contributed by atoms with van der Waals surface area (Å²) in [5, 5.41) is 10.1. The maximum atomic E-state index is 10.1. The lowest BCUT2D eigenvalue weighted by molar-refractivity contribution is -0.458. The van der Waals surface area contributed by atoms with E-state index < -0.39 is 5.60 Å². The molecule has 1 aromatic carbocycles. The summed E-state index contributed by atoms with van der Waals surface area (Å²) in [4.78, 5) is 0. The lowest BCUT2D eigenvalue weighted by atomic mass is 10.2. The average molecular weight is 181 g/mol. The van der Waals surface area contributed by atoms with Gasteiger partial charge in [0.15, 0.2) is 0 Å². The van der Waals surface area contributed by atoms with Gasteiger partial charge >= 0.3 is 0 Å². The predicted molar refractivity (Wildman–Crippen MR) is 52.8 cm³/mol. The molecule has 0 saturated carbocycles. The van der Waals surface area contributed by atoms with Gasteiger partial charge in [-0.1, -0.05) is 51.1 Å². The summed E-state index contributed by atoms with van der Waals surface area (Å²) in [5.41, 5.74) is 4.30. The minimum Gasteiger partial charge on any atom is -0.850 e. The van der Waals surface area contributed by atoms with E-state index in [-0.39, 0.29) is 0 Å². The maximum Gasteiger partial charge on any atom is 0.0997 e. The molecule has 0 bridgehead atoms. The van der Waals surface area contributed by atoms with Crippen LogP contribution in [0.5, 0.6) is 0 Å². The third-order valence-corrected chi connectivity index (χ3v) is 1.13. The van der Waals surface area contributed by atoms with Gasteiger partial charge in [0.05, 0.1) is 6.54 Å². The van der Waals surface area contributed by atoms with Crippen LogP contribution in [0.3, 0.4) is 0 Å². The molecule has 0 aliphatic heterocycles. The summed E-state index contributed by atoms with van der Waals surface area (Å²) in [5.74, 6) is 0. The molecule has 0 aromatic heterocycles. The predicted octanol–water partition coefficient (Wildman–Crippen LogP) is 0.574. The van der Waals surface area contributed by atoms with Crippen LogP contribution in [0.25, 0.3) is 0 Å². The van der Waals surface area contributed by atoms with Gasteiger partial charge in [-0.2, -0.15) is 0 Å². The maximum absolute atomic E-state index is 10.1. The Labute approximate surface area is 80.4 Å². The molecule has 1 aromatic rings. The summed E-state index contributed by atoms with van der Waals surface area (Å²) in [7, 11) is 0. The Morgan fingerprint density at radius 2 is 1.54 bits per heavy atom. The van der Waals surface area contributed by atoms with Gasteiger partial charge in [-0.15, -0.1) is 5.60 Å². The molecule has 2 nitrogen and oxygen atoms in total. The molecule has 0 fully saturated rings. The molecule has 0 atom stereocenters. The van der Waals surface area contributed by atoms with E-state index in [0.717, 1.165) is 6.54 Å². The second-order valence-electron chi connectivity index (χ2n) is 3.85. The van der Waals surface area contributed by atoms with E-state index in [0.29, 0.717) is 0 Å². The summed E-state index contributed by atoms with van der Waals surface area (Å²) in [6.07, 6.45) is 0. The van der Waals surface area contributed by atoms with Gasteiger partial charge in [-0.3, -0.25) is 0 Å². The van der Waals surface area contributed by atoms with Crippen LogP contribution in [-0.4, -0.2) is 5.60 Å². The normalized spacial score (nSPS) is 10.2. The molecule has 0 unspecified atom stereocenters. The summed E-state index contributed by atoms with van der Waals surface area (Å²) in [6, 6.07) is 10.2. The second kappa shape index (κ2) is 5.73. The van der Waals surface area contributed by atoms with Gasteiger partial charge in [0.1, 0.15) is 0 Å². The van der Waals surface area contributed by atoms with Crippen molar-refractivity contribution in [2.75, 3.05) is 0 Å². The minimum absolute atomic E-state index is 0.750. The zero-order chi connectivity index (χ0) is 10.3. The lowest BCUT2D eigenvalue weighted by Crippen LogP contribution is -2.47. The van der Waals surface area contributed by atoms with E-state index in [1.165, 1.54) is 5.56 Å². The summed E-state index contributed by atoms with van der Waals surface area (Å²) < 4.78 is 0. The van der Waals surface area contributed by atoms with Crippen molar-refractivity contribution in [3.05, 3.63) is 35.9 Å². The standard InChI is InChI=1S/C7H9N.C4H9O/c8-6-7-4-2-1-3-5-7;1-4(2,3)5/h1-5H,6,8H2;1-3H3/q;-1/p+1. The Hall–Kier alpha value is -0.860. The zero-order valence-electron chi connectivity index (χ0n) is 8.71. The van der Waals surface area contributed by atoms with Gasteiger partial charge in [0.2, 0.25) is 0 Å². The molecule has 0 aliphatic carbocycles. The molecule has 0 amide bonds.